The summed E-state index contributed by atoms with van der Waals surface area (Å²) in [6.45, 7) is 6.45. The zero-order valence-corrected chi connectivity index (χ0v) is 20.9. The number of rotatable bonds is 13. The van der Waals surface area contributed by atoms with Crippen LogP contribution in [0.3, 0.4) is 0 Å². The van der Waals surface area contributed by atoms with E-state index in [4.69, 9.17) is 0 Å². The van der Waals surface area contributed by atoms with Crippen molar-refractivity contribution in [3.8, 4) is 0 Å². The Morgan fingerprint density at radius 1 is 1.00 bits per heavy atom. The summed E-state index contributed by atoms with van der Waals surface area (Å²) in [5.74, 6) is -2.38. The molecule has 0 atom stereocenters. The fraction of sp³-hybridized carbons (Fsp3) is 0.462. The van der Waals surface area contributed by atoms with Gasteiger partial charge in [0, 0.05) is 24.1 Å². The van der Waals surface area contributed by atoms with Crippen molar-refractivity contribution >= 4 is 29.4 Å². The number of hydrogen-bond acceptors (Lipinski definition) is 3. The molecule has 8 heteroatoms. The van der Waals surface area contributed by atoms with Crippen LogP contribution in [-0.4, -0.2) is 39.8 Å². The van der Waals surface area contributed by atoms with Crippen LogP contribution in [0.2, 0.25) is 0 Å². The second-order valence-corrected chi connectivity index (χ2v) is 10.5. The number of urea groups is 1. The van der Waals surface area contributed by atoms with Crippen LogP contribution >= 0.6 is 11.8 Å². The summed E-state index contributed by atoms with van der Waals surface area (Å²) < 4.78 is 26.3. The minimum Gasteiger partial charge on any atom is -0.480 e. The smallest absolute Gasteiger partial charge is 0.321 e. The first kappa shape index (κ1) is 27.6. The average molecular weight is 493 g/mol. The SMILES string of the molecule is CCCCCCCN(CCc1ccc(SC(C)(C)C(=O)O)cc1)C(=O)Nc1ccc(F)cc1F. The molecule has 5 nitrogen and oxygen atoms in total. The molecular weight excluding hydrogens is 458 g/mol. The van der Waals surface area contributed by atoms with E-state index in [1.165, 1.54) is 17.8 Å². The molecule has 0 spiro atoms. The van der Waals surface area contributed by atoms with Gasteiger partial charge in [-0.1, -0.05) is 44.7 Å². The van der Waals surface area contributed by atoms with Gasteiger partial charge in [-0.3, -0.25) is 4.79 Å². The summed E-state index contributed by atoms with van der Waals surface area (Å²) in [6.07, 6.45) is 5.83. The third-order valence-electron chi connectivity index (χ3n) is 5.47. The Balaban J connectivity index is 2.01. The number of anilines is 1. The molecule has 2 rings (SSSR count). The lowest BCUT2D eigenvalue weighted by molar-refractivity contribution is -0.138. The molecular formula is C26H34F2N2O3S. The van der Waals surface area contributed by atoms with Crippen LogP contribution < -0.4 is 5.32 Å². The highest BCUT2D eigenvalue weighted by Crippen LogP contribution is 2.32. The number of aliphatic carboxylic acids is 1. The largest absolute Gasteiger partial charge is 0.480 e. The molecule has 0 saturated heterocycles. The topological polar surface area (TPSA) is 69.6 Å². The van der Waals surface area contributed by atoms with Gasteiger partial charge in [0.05, 0.1) is 5.69 Å². The van der Waals surface area contributed by atoms with Gasteiger partial charge in [0.15, 0.2) is 0 Å². The van der Waals surface area contributed by atoms with Crippen molar-refractivity contribution in [2.75, 3.05) is 18.4 Å². The van der Waals surface area contributed by atoms with E-state index in [-0.39, 0.29) is 5.69 Å². The van der Waals surface area contributed by atoms with Gasteiger partial charge in [0.2, 0.25) is 0 Å². The molecule has 0 aromatic heterocycles. The predicted molar refractivity (Wildman–Crippen MR) is 133 cm³/mol. The fourth-order valence-electron chi connectivity index (χ4n) is 3.33. The number of amides is 2. The van der Waals surface area contributed by atoms with Crippen molar-refractivity contribution in [2.24, 2.45) is 0 Å². The van der Waals surface area contributed by atoms with Crippen molar-refractivity contribution < 1.29 is 23.5 Å². The second kappa shape index (κ2) is 13.3. The Bertz CT molecular complexity index is 952. The lowest BCUT2D eigenvalue weighted by Gasteiger charge is -2.24. The standard InChI is InChI=1S/C26H34F2N2O3S/c1-4-5-6-7-8-16-30(25(33)29-23-14-11-20(27)18-22(23)28)17-15-19-9-12-21(13-10-19)34-26(2,3)24(31)32/h9-14,18H,4-8,15-17H2,1-3H3,(H,29,33)(H,31,32). The molecule has 2 aromatic rings. The van der Waals surface area contributed by atoms with Crippen LogP contribution in [0.4, 0.5) is 19.3 Å². The summed E-state index contributed by atoms with van der Waals surface area (Å²) in [4.78, 5) is 26.7. The molecule has 2 N–H and O–H groups in total. The minimum atomic E-state index is -0.927. The quantitative estimate of drug-likeness (QED) is 0.234. The van der Waals surface area contributed by atoms with Gasteiger partial charge in [-0.15, -0.1) is 11.8 Å². The number of unbranched alkanes of at least 4 members (excludes halogenated alkanes) is 4. The second-order valence-electron chi connectivity index (χ2n) is 8.77. The summed E-state index contributed by atoms with van der Waals surface area (Å²) in [7, 11) is 0. The van der Waals surface area contributed by atoms with Gasteiger partial charge < -0.3 is 15.3 Å². The maximum atomic E-state index is 14.0. The maximum Gasteiger partial charge on any atom is 0.321 e. The van der Waals surface area contributed by atoms with E-state index in [0.29, 0.717) is 19.5 Å². The van der Waals surface area contributed by atoms with Crippen LogP contribution in [0.1, 0.15) is 58.4 Å². The van der Waals surface area contributed by atoms with Gasteiger partial charge in [-0.2, -0.15) is 0 Å². The number of carbonyl (C=O) groups excluding carboxylic acids is 1. The number of carboxylic acid groups (broad SMARTS) is 1. The van der Waals surface area contributed by atoms with Gasteiger partial charge in [0.25, 0.3) is 0 Å². The van der Waals surface area contributed by atoms with E-state index in [0.717, 1.165) is 54.7 Å². The van der Waals surface area contributed by atoms with Gasteiger partial charge in [-0.05, 0) is 56.5 Å². The molecule has 0 bridgehead atoms. The first-order valence-corrected chi connectivity index (χ1v) is 12.5. The molecule has 0 unspecified atom stereocenters. The Morgan fingerprint density at radius 2 is 1.68 bits per heavy atom. The van der Waals surface area contributed by atoms with E-state index in [1.807, 2.05) is 24.3 Å². The lowest BCUT2D eigenvalue weighted by Crippen LogP contribution is -2.37. The van der Waals surface area contributed by atoms with Crippen LogP contribution in [0, 0.1) is 11.6 Å². The van der Waals surface area contributed by atoms with Crippen molar-refractivity contribution in [3.05, 3.63) is 59.7 Å². The zero-order chi connectivity index (χ0) is 25.1. The molecule has 0 fully saturated rings. The van der Waals surface area contributed by atoms with Crippen LogP contribution in [-0.2, 0) is 11.2 Å². The third kappa shape index (κ3) is 8.97. The Labute approximate surface area is 204 Å². The van der Waals surface area contributed by atoms with E-state index >= 15 is 0 Å². The molecule has 0 aliphatic carbocycles. The van der Waals surface area contributed by atoms with Crippen molar-refractivity contribution in [3.63, 3.8) is 0 Å². The van der Waals surface area contributed by atoms with Gasteiger partial charge in [0.1, 0.15) is 16.4 Å². The number of hydrogen-bond donors (Lipinski definition) is 2. The van der Waals surface area contributed by atoms with Gasteiger partial charge >= 0.3 is 12.0 Å². The van der Waals surface area contributed by atoms with Crippen LogP contribution in [0.5, 0.6) is 0 Å². The van der Waals surface area contributed by atoms with E-state index in [9.17, 15) is 23.5 Å². The predicted octanol–water partition coefficient (Wildman–Crippen LogP) is 6.97. The average Bonchev–Trinajstić information content (AvgIpc) is 2.78. The maximum absolute atomic E-state index is 14.0. The molecule has 0 heterocycles. The number of thioether (sulfide) groups is 1. The summed E-state index contributed by atoms with van der Waals surface area (Å²) in [5.41, 5.74) is 0.957. The Morgan fingerprint density at radius 3 is 2.29 bits per heavy atom. The first-order valence-electron chi connectivity index (χ1n) is 11.6. The number of carbonyl (C=O) groups is 2. The van der Waals surface area contributed by atoms with Gasteiger partial charge in [-0.25, -0.2) is 13.6 Å². The number of halogens is 2. The molecule has 0 aliphatic rings. The number of carboxylic acids is 1. The summed E-state index contributed by atoms with van der Waals surface area (Å²) >= 11 is 1.28. The monoisotopic (exact) mass is 492 g/mol. The van der Waals surface area contributed by atoms with E-state index in [1.54, 1.807) is 18.7 Å². The van der Waals surface area contributed by atoms with Crippen molar-refractivity contribution in [1.29, 1.82) is 0 Å². The molecule has 186 valence electrons. The molecule has 0 saturated carbocycles. The van der Waals surface area contributed by atoms with Crippen molar-refractivity contribution in [2.45, 2.75) is 68.9 Å². The lowest BCUT2D eigenvalue weighted by atomic mass is 10.1. The molecule has 0 radical (unpaired) electrons. The molecule has 34 heavy (non-hydrogen) atoms. The van der Waals surface area contributed by atoms with Crippen LogP contribution in [0.25, 0.3) is 0 Å². The number of benzene rings is 2. The Kier molecular flexibility index (Phi) is 10.8. The number of nitrogens with one attached hydrogen (secondary N) is 1. The fourth-order valence-corrected chi connectivity index (χ4v) is 4.28. The highest BCUT2D eigenvalue weighted by atomic mass is 32.2. The van der Waals surface area contributed by atoms with Crippen LogP contribution in [0.15, 0.2) is 47.4 Å². The molecule has 2 amide bonds. The highest BCUT2D eigenvalue weighted by molar-refractivity contribution is 8.01. The Hall–Kier alpha value is -2.61. The van der Waals surface area contributed by atoms with E-state index in [2.05, 4.69) is 12.2 Å². The molecule has 0 aliphatic heterocycles. The number of nitrogens with zero attached hydrogens (tertiary/aromatic N) is 1. The summed E-state index contributed by atoms with van der Waals surface area (Å²) in [6, 6.07) is 10.3. The molecule has 2 aromatic carbocycles. The third-order valence-corrected chi connectivity index (χ3v) is 6.67. The normalized spacial score (nSPS) is 11.3. The van der Waals surface area contributed by atoms with Crippen molar-refractivity contribution in [1.82, 2.24) is 4.90 Å². The first-order chi connectivity index (χ1) is 16.1. The zero-order valence-electron chi connectivity index (χ0n) is 20.1. The minimum absolute atomic E-state index is 0.0511. The highest BCUT2D eigenvalue weighted by Gasteiger charge is 2.28. The van der Waals surface area contributed by atoms with E-state index < -0.39 is 28.4 Å². The summed E-state index contributed by atoms with van der Waals surface area (Å²) in [5, 5.41) is 11.9.